The van der Waals surface area contributed by atoms with Crippen molar-refractivity contribution in [3.63, 3.8) is 0 Å². The summed E-state index contributed by atoms with van der Waals surface area (Å²) in [5, 5.41) is 6.34. The number of hydrogen-bond acceptors (Lipinski definition) is 3. The van der Waals surface area contributed by atoms with Crippen LogP contribution < -0.4 is 20.1 Å². The van der Waals surface area contributed by atoms with Crippen molar-refractivity contribution < 1.29 is 18.3 Å². The molecule has 0 radical (unpaired) electrons. The maximum Gasteiger partial charge on any atom is 0.586 e. The molecule has 0 spiro atoms. The van der Waals surface area contributed by atoms with Gasteiger partial charge in [-0.1, -0.05) is 13.8 Å². The number of rotatable bonds is 3. The standard InChI is InChI=1S/C12H14F2N2O2S/c1-7(2)6-15-11(19)16-8-3-4-9-10(5-8)18-12(13,14)17-9/h3-5,7H,6H2,1-2H3,(H2,15,16,19). The Labute approximate surface area is 115 Å². The molecule has 19 heavy (non-hydrogen) atoms. The molecule has 0 aliphatic carbocycles. The molecule has 1 aliphatic heterocycles. The van der Waals surface area contributed by atoms with E-state index in [1.54, 1.807) is 6.07 Å². The molecule has 1 aromatic rings. The fraction of sp³-hybridized carbons (Fsp3) is 0.417. The highest BCUT2D eigenvalue weighted by molar-refractivity contribution is 7.80. The highest BCUT2D eigenvalue weighted by atomic mass is 32.1. The molecular formula is C12H14F2N2O2S. The van der Waals surface area contributed by atoms with Crippen LogP contribution in [0.15, 0.2) is 18.2 Å². The first kappa shape index (κ1) is 13.8. The fourth-order valence-corrected chi connectivity index (χ4v) is 1.70. The van der Waals surface area contributed by atoms with Crippen LogP contribution in [0.25, 0.3) is 0 Å². The van der Waals surface area contributed by atoms with E-state index >= 15 is 0 Å². The van der Waals surface area contributed by atoms with Crippen LogP contribution in [0.2, 0.25) is 0 Å². The van der Waals surface area contributed by atoms with E-state index in [9.17, 15) is 8.78 Å². The highest BCUT2D eigenvalue weighted by Crippen LogP contribution is 2.42. The summed E-state index contributed by atoms with van der Waals surface area (Å²) in [6.07, 6.45) is -3.60. The zero-order chi connectivity index (χ0) is 14.0. The van der Waals surface area contributed by atoms with Gasteiger partial charge in [0.2, 0.25) is 0 Å². The maximum atomic E-state index is 12.8. The minimum atomic E-state index is -3.60. The van der Waals surface area contributed by atoms with Crippen LogP contribution >= 0.6 is 12.2 Å². The van der Waals surface area contributed by atoms with Gasteiger partial charge < -0.3 is 20.1 Å². The second kappa shape index (κ2) is 5.16. The lowest BCUT2D eigenvalue weighted by atomic mass is 10.2. The molecule has 1 aromatic carbocycles. The molecule has 2 rings (SSSR count). The molecule has 0 bridgehead atoms. The Morgan fingerprint density at radius 2 is 2.00 bits per heavy atom. The minimum absolute atomic E-state index is 0.0107. The van der Waals surface area contributed by atoms with E-state index < -0.39 is 6.29 Å². The number of thiocarbonyl (C=S) groups is 1. The summed E-state index contributed by atoms with van der Waals surface area (Å²) in [6, 6.07) is 4.41. The van der Waals surface area contributed by atoms with Gasteiger partial charge in [0.1, 0.15) is 0 Å². The van der Waals surface area contributed by atoms with Gasteiger partial charge in [0.25, 0.3) is 0 Å². The molecule has 0 amide bonds. The van der Waals surface area contributed by atoms with Crippen LogP contribution in [-0.4, -0.2) is 18.0 Å². The number of hydrogen-bond donors (Lipinski definition) is 2. The van der Waals surface area contributed by atoms with Crippen LogP contribution in [0.3, 0.4) is 0 Å². The summed E-state index contributed by atoms with van der Waals surface area (Å²) in [4.78, 5) is 0. The van der Waals surface area contributed by atoms with Crippen molar-refractivity contribution in [1.82, 2.24) is 5.32 Å². The Morgan fingerprint density at radius 1 is 1.32 bits per heavy atom. The Hall–Kier alpha value is -1.63. The fourth-order valence-electron chi connectivity index (χ4n) is 1.50. The molecule has 104 valence electrons. The Balaban J connectivity index is 1.98. The molecule has 0 fully saturated rings. The van der Waals surface area contributed by atoms with Crippen LogP contribution in [0, 0.1) is 5.92 Å². The quantitative estimate of drug-likeness (QED) is 0.837. The smallest absolute Gasteiger partial charge is 0.395 e. The van der Waals surface area contributed by atoms with Crippen LogP contribution in [0.5, 0.6) is 11.5 Å². The van der Waals surface area contributed by atoms with Crippen LogP contribution in [0.1, 0.15) is 13.8 Å². The number of anilines is 1. The normalized spacial score (nSPS) is 15.4. The Morgan fingerprint density at radius 3 is 2.68 bits per heavy atom. The topological polar surface area (TPSA) is 42.5 Å². The predicted molar refractivity (Wildman–Crippen MR) is 71.7 cm³/mol. The maximum absolute atomic E-state index is 12.8. The van der Waals surface area contributed by atoms with Gasteiger partial charge in [-0.05, 0) is 30.3 Å². The second-order valence-corrected chi connectivity index (χ2v) is 4.97. The summed E-state index contributed by atoms with van der Waals surface area (Å²) in [6.45, 7) is 4.84. The molecular weight excluding hydrogens is 274 g/mol. The van der Waals surface area contributed by atoms with Gasteiger partial charge >= 0.3 is 6.29 Å². The zero-order valence-electron chi connectivity index (χ0n) is 10.5. The molecule has 7 heteroatoms. The summed E-state index contributed by atoms with van der Waals surface area (Å²) >= 11 is 5.09. The zero-order valence-corrected chi connectivity index (χ0v) is 11.3. The van der Waals surface area contributed by atoms with E-state index in [0.29, 0.717) is 16.7 Å². The largest absolute Gasteiger partial charge is 0.586 e. The number of ether oxygens (including phenoxy) is 2. The van der Waals surface area contributed by atoms with Gasteiger partial charge in [0.15, 0.2) is 16.6 Å². The van der Waals surface area contributed by atoms with Crippen molar-refractivity contribution in [1.29, 1.82) is 0 Å². The lowest BCUT2D eigenvalue weighted by Crippen LogP contribution is -2.31. The first-order valence-electron chi connectivity index (χ1n) is 5.80. The summed E-state index contributed by atoms with van der Waals surface area (Å²) in [5.41, 5.74) is 0.557. The number of nitrogens with one attached hydrogen (secondary N) is 2. The third kappa shape index (κ3) is 3.66. The van der Waals surface area contributed by atoms with Crippen molar-refractivity contribution in [3.05, 3.63) is 18.2 Å². The van der Waals surface area contributed by atoms with E-state index in [1.807, 2.05) is 0 Å². The lowest BCUT2D eigenvalue weighted by Gasteiger charge is -2.12. The predicted octanol–water partition coefficient (Wildman–Crippen LogP) is 2.95. The van der Waals surface area contributed by atoms with Crippen molar-refractivity contribution in [3.8, 4) is 11.5 Å². The number of halogens is 2. The van der Waals surface area contributed by atoms with Crippen molar-refractivity contribution in [2.24, 2.45) is 5.92 Å². The molecule has 4 nitrogen and oxygen atoms in total. The Kier molecular flexibility index (Phi) is 3.75. The molecule has 0 aromatic heterocycles. The van der Waals surface area contributed by atoms with Crippen LogP contribution in [0.4, 0.5) is 14.5 Å². The Bertz CT molecular complexity index is 495. The van der Waals surface area contributed by atoms with Gasteiger partial charge in [0, 0.05) is 18.3 Å². The van der Waals surface area contributed by atoms with E-state index in [4.69, 9.17) is 12.2 Å². The van der Waals surface area contributed by atoms with E-state index in [1.165, 1.54) is 12.1 Å². The average molecular weight is 288 g/mol. The first-order chi connectivity index (χ1) is 8.85. The van der Waals surface area contributed by atoms with Gasteiger partial charge in [-0.3, -0.25) is 0 Å². The molecule has 0 atom stereocenters. The summed E-state index contributed by atoms with van der Waals surface area (Å²) < 4.78 is 34.3. The summed E-state index contributed by atoms with van der Waals surface area (Å²) in [7, 11) is 0. The minimum Gasteiger partial charge on any atom is -0.395 e. The third-order valence-electron chi connectivity index (χ3n) is 2.33. The number of alkyl halides is 2. The highest BCUT2D eigenvalue weighted by Gasteiger charge is 2.43. The number of fused-ring (bicyclic) bond motifs is 1. The summed E-state index contributed by atoms with van der Waals surface area (Å²) in [5.74, 6) is 0.452. The molecule has 1 heterocycles. The van der Waals surface area contributed by atoms with Gasteiger partial charge in [-0.15, -0.1) is 8.78 Å². The van der Waals surface area contributed by atoms with E-state index in [0.717, 1.165) is 6.54 Å². The van der Waals surface area contributed by atoms with Crippen LogP contribution in [-0.2, 0) is 0 Å². The van der Waals surface area contributed by atoms with E-state index in [-0.39, 0.29) is 11.5 Å². The molecule has 2 N–H and O–H groups in total. The lowest BCUT2D eigenvalue weighted by molar-refractivity contribution is -0.286. The van der Waals surface area contributed by atoms with Crippen molar-refractivity contribution >= 4 is 23.0 Å². The number of benzene rings is 1. The molecule has 0 saturated carbocycles. The van der Waals surface area contributed by atoms with Crippen molar-refractivity contribution in [2.75, 3.05) is 11.9 Å². The van der Waals surface area contributed by atoms with Gasteiger partial charge in [-0.25, -0.2) is 0 Å². The third-order valence-corrected chi connectivity index (χ3v) is 2.58. The first-order valence-corrected chi connectivity index (χ1v) is 6.21. The molecule has 0 unspecified atom stereocenters. The van der Waals surface area contributed by atoms with Gasteiger partial charge in [0.05, 0.1) is 0 Å². The van der Waals surface area contributed by atoms with Gasteiger partial charge in [-0.2, -0.15) is 0 Å². The second-order valence-electron chi connectivity index (χ2n) is 4.56. The molecule has 0 saturated heterocycles. The average Bonchev–Trinajstić information content (AvgIpc) is 2.59. The monoisotopic (exact) mass is 288 g/mol. The van der Waals surface area contributed by atoms with Crippen molar-refractivity contribution in [2.45, 2.75) is 20.1 Å². The SMILES string of the molecule is CC(C)CNC(=S)Nc1ccc2c(c1)OC(F)(F)O2. The van der Waals surface area contributed by atoms with E-state index in [2.05, 4.69) is 34.0 Å². The molecule has 1 aliphatic rings.